The normalized spacial score (nSPS) is 11.0. The van der Waals surface area contributed by atoms with Crippen LogP contribution in [0.25, 0.3) is 33.7 Å². The first-order valence-electron chi connectivity index (χ1n) is 9.23. The van der Waals surface area contributed by atoms with E-state index in [0.717, 1.165) is 11.1 Å². The zero-order chi connectivity index (χ0) is 20.5. The van der Waals surface area contributed by atoms with Gasteiger partial charge in [0.2, 0.25) is 0 Å². The molecule has 5 aromatic rings. The number of aromatic nitrogens is 3. The number of hydrogen-bond donors (Lipinski definition) is 2. The first-order valence-corrected chi connectivity index (χ1v) is 9.23. The number of carbonyl (C=O) groups is 1. The Morgan fingerprint density at radius 2 is 1.87 bits per heavy atom. The summed E-state index contributed by atoms with van der Waals surface area (Å²) in [5.74, 6) is -0.388. The molecule has 0 unspecified atom stereocenters. The van der Waals surface area contributed by atoms with Crippen LogP contribution in [-0.2, 0) is 0 Å². The number of H-pyrrole nitrogens is 1. The van der Waals surface area contributed by atoms with Crippen LogP contribution < -0.4 is 5.32 Å². The van der Waals surface area contributed by atoms with Gasteiger partial charge in [-0.3, -0.25) is 4.79 Å². The van der Waals surface area contributed by atoms with E-state index in [4.69, 9.17) is 4.42 Å². The second-order valence-electron chi connectivity index (χ2n) is 6.67. The Labute approximate surface area is 170 Å². The lowest BCUT2D eigenvalue weighted by Gasteiger charge is -2.06. The van der Waals surface area contributed by atoms with Crippen LogP contribution in [0, 0.1) is 5.82 Å². The lowest BCUT2D eigenvalue weighted by atomic mass is 10.1. The summed E-state index contributed by atoms with van der Waals surface area (Å²) in [6, 6.07) is 19.2. The quantitative estimate of drug-likeness (QED) is 0.432. The maximum absolute atomic E-state index is 14.5. The number of pyridine rings is 1. The van der Waals surface area contributed by atoms with Crippen molar-refractivity contribution in [3.05, 3.63) is 90.8 Å². The molecule has 2 aromatic carbocycles. The highest BCUT2D eigenvalue weighted by Crippen LogP contribution is 2.28. The Balaban J connectivity index is 1.49. The highest BCUT2D eigenvalue weighted by Gasteiger charge is 2.15. The standard InChI is InChI=1S/C23H15FN4O2/c24-18-9-8-16(26-23(29)20-7-4-10-30-20)12-17(18)21-27-19-11-15(13-25-22(19)28-21)14-5-2-1-3-6-14/h1-13H,(H,26,29)(H,25,27,28). The largest absolute Gasteiger partial charge is 0.459 e. The summed E-state index contributed by atoms with van der Waals surface area (Å²) in [6.07, 6.45) is 3.15. The van der Waals surface area contributed by atoms with Crippen molar-refractivity contribution in [3.8, 4) is 22.5 Å². The van der Waals surface area contributed by atoms with Crippen molar-refractivity contribution in [1.29, 1.82) is 0 Å². The molecule has 5 rings (SSSR count). The minimum absolute atomic E-state index is 0.169. The number of anilines is 1. The van der Waals surface area contributed by atoms with E-state index in [-0.39, 0.29) is 11.3 Å². The summed E-state index contributed by atoms with van der Waals surface area (Å²) < 4.78 is 19.6. The van der Waals surface area contributed by atoms with Crippen molar-refractivity contribution in [2.75, 3.05) is 5.32 Å². The summed E-state index contributed by atoms with van der Waals surface area (Å²) in [6.45, 7) is 0. The van der Waals surface area contributed by atoms with E-state index >= 15 is 0 Å². The van der Waals surface area contributed by atoms with Gasteiger partial charge in [0.05, 0.1) is 17.3 Å². The zero-order valence-corrected chi connectivity index (χ0v) is 15.6. The molecular weight excluding hydrogens is 383 g/mol. The molecule has 3 heterocycles. The molecule has 7 heteroatoms. The molecule has 0 saturated carbocycles. The Hall–Kier alpha value is -4.26. The summed E-state index contributed by atoms with van der Waals surface area (Å²) in [5.41, 5.74) is 3.78. The molecule has 0 fully saturated rings. The van der Waals surface area contributed by atoms with E-state index in [0.29, 0.717) is 22.7 Å². The van der Waals surface area contributed by atoms with Gasteiger partial charge in [-0.25, -0.2) is 14.4 Å². The number of halogens is 1. The molecule has 1 amide bonds. The van der Waals surface area contributed by atoms with Gasteiger partial charge in [-0.15, -0.1) is 0 Å². The summed E-state index contributed by atoms with van der Waals surface area (Å²) >= 11 is 0. The van der Waals surface area contributed by atoms with E-state index < -0.39 is 11.7 Å². The maximum atomic E-state index is 14.5. The Bertz CT molecular complexity index is 1340. The molecule has 0 saturated heterocycles. The van der Waals surface area contributed by atoms with Gasteiger partial charge >= 0.3 is 0 Å². The van der Waals surface area contributed by atoms with Crippen LogP contribution in [0.2, 0.25) is 0 Å². The molecule has 6 nitrogen and oxygen atoms in total. The minimum atomic E-state index is -0.465. The first kappa shape index (κ1) is 17.8. The number of nitrogens with one attached hydrogen (secondary N) is 2. The highest BCUT2D eigenvalue weighted by molar-refractivity contribution is 6.02. The van der Waals surface area contributed by atoms with Crippen LogP contribution in [0.4, 0.5) is 10.1 Å². The molecule has 0 aliphatic carbocycles. The van der Waals surface area contributed by atoms with E-state index in [1.807, 2.05) is 36.4 Å². The fraction of sp³-hybridized carbons (Fsp3) is 0. The summed E-state index contributed by atoms with van der Waals surface area (Å²) in [7, 11) is 0. The minimum Gasteiger partial charge on any atom is -0.459 e. The van der Waals surface area contributed by atoms with Crippen LogP contribution in [0.5, 0.6) is 0 Å². The monoisotopic (exact) mass is 398 g/mol. The van der Waals surface area contributed by atoms with E-state index in [1.54, 1.807) is 18.3 Å². The second kappa shape index (κ2) is 7.29. The molecule has 0 aliphatic rings. The number of rotatable bonds is 4. The van der Waals surface area contributed by atoms with Gasteiger partial charge in [-0.1, -0.05) is 30.3 Å². The Morgan fingerprint density at radius 1 is 1.00 bits per heavy atom. The van der Waals surface area contributed by atoms with Gasteiger partial charge in [0.15, 0.2) is 11.4 Å². The summed E-state index contributed by atoms with van der Waals surface area (Å²) in [5, 5.41) is 2.69. The lowest BCUT2D eigenvalue weighted by molar-refractivity contribution is 0.0996. The van der Waals surface area contributed by atoms with Crippen molar-refractivity contribution in [1.82, 2.24) is 15.0 Å². The smallest absolute Gasteiger partial charge is 0.291 e. The first-order chi connectivity index (χ1) is 14.7. The van der Waals surface area contributed by atoms with Crippen molar-refractivity contribution in [2.45, 2.75) is 0 Å². The van der Waals surface area contributed by atoms with E-state index in [9.17, 15) is 9.18 Å². The van der Waals surface area contributed by atoms with Crippen LogP contribution in [0.3, 0.4) is 0 Å². The third-order valence-electron chi connectivity index (χ3n) is 4.67. The zero-order valence-electron chi connectivity index (χ0n) is 15.6. The molecule has 146 valence electrons. The van der Waals surface area contributed by atoms with Crippen molar-refractivity contribution in [2.24, 2.45) is 0 Å². The van der Waals surface area contributed by atoms with Crippen molar-refractivity contribution >= 4 is 22.8 Å². The number of fused-ring (bicyclic) bond motifs is 1. The van der Waals surface area contributed by atoms with Crippen molar-refractivity contribution in [3.63, 3.8) is 0 Å². The van der Waals surface area contributed by atoms with Crippen molar-refractivity contribution < 1.29 is 13.6 Å². The number of amides is 1. The summed E-state index contributed by atoms with van der Waals surface area (Å²) in [4.78, 5) is 24.1. The van der Waals surface area contributed by atoms with E-state index in [2.05, 4.69) is 20.3 Å². The third kappa shape index (κ3) is 3.33. The number of hydrogen-bond acceptors (Lipinski definition) is 4. The number of imidazole rings is 1. The molecule has 0 spiro atoms. The average Bonchev–Trinajstić information content (AvgIpc) is 3.45. The van der Waals surface area contributed by atoms with Gasteiger partial charge in [0, 0.05) is 17.4 Å². The molecule has 0 atom stereocenters. The molecular formula is C23H15FN4O2. The molecule has 0 radical (unpaired) electrons. The molecule has 0 aliphatic heterocycles. The number of nitrogens with zero attached hydrogens (tertiary/aromatic N) is 2. The number of carbonyl (C=O) groups excluding carboxylic acids is 1. The Morgan fingerprint density at radius 3 is 2.67 bits per heavy atom. The molecule has 2 N–H and O–H groups in total. The van der Waals surface area contributed by atoms with E-state index in [1.165, 1.54) is 24.5 Å². The SMILES string of the molecule is O=C(Nc1ccc(F)c(-c2nc3ncc(-c4ccccc4)cc3[nH]2)c1)c1ccco1. The molecule has 3 aromatic heterocycles. The molecule has 0 bridgehead atoms. The molecule has 30 heavy (non-hydrogen) atoms. The highest BCUT2D eigenvalue weighted by atomic mass is 19.1. The van der Waals surface area contributed by atoms with Gasteiger partial charge in [-0.2, -0.15) is 0 Å². The fourth-order valence-corrected chi connectivity index (χ4v) is 3.20. The van der Waals surface area contributed by atoms with Crippen LogP contribution in [0.1, 0.15) is 10.6 Å². The predicted molar refractivity (Wildman–Crippen MR) is 111 cm³/mol. The van der Waals surface area contributed by atoms with Gasteiger partial charge in [0.25, 0.3) is 5.91 Å². The predicted octanol–water partition coefficient (Wildman–Crippen LogP) is 5.28. The lowest BCUT2D eigenvalue weighted by Crippen LogP contribution is -2.11. The number of aromatic amines is 1. The van der Waals surface area contributed by atoms with Gasteiger partial charge < -0.3 is 14.7 Å². The van der Waals surface area contributed by atoms with Crippen LogP contribution in [-0.4, -0.2) is 20.9 Å². The average molecular weight is 398 g/mol. The van der Waals surface area contributed by atoms with Gasteiger partial charge in [0.1, 0.15) is 11.6 Å². The topological polar surface area (TPSA) is 83.8 Å². The van der Waals surface area contributed by atoms with Crippen LogP contribution >= 0.6 is 0 Å². The number of benzene rings is 2. The maximum Gasteiger partial charge on any atom is 0.291 e. The number of furan rings is 1. The van der Waals surface area contributed by atoms with Crippen LogP contribution in [0.15, 0.2) is 83.6 Å². The fourth-order valence-electron chi connectivity index (χ4n) is 3.20. The third-order valence-corrected chi connectivity index (χ3v) is 4.67. The second-order valence-corrected chi connectivity index (χ2v) is 6.67. The van der Waals surface area contributed by atoms with Gasteiger partial charge in [-0.05, 0) is 42.0 Å². The Kier molecular flexibility index (Phi) is 4.33.